The van der Waals surface area contributed by atoms with Crippen molar-refractivity contribution in [3.05, 3.63) is 29.8 Å². The molecule has 0 aliphatic carbocycles. The number of guanidine groups is 1. The van der Waals surface area contributed by atoms with E-state index in [9.17, 15) is 21.6 Å². The molecule has 0 aromatic heterocycles. The number of aliphatic imine (C=N–C) groups is 1. The van der Waals surface area contributed by atoms with Crippen LogP contribution in [0.3, 0.4) is 0 Å². The van der Waals surface area contributed by atoms with Gasteiger partial charge in [-0.2, -0.15) is 13.2 Å². The molecule has 2 N–H and O–H groups in total. The fourth-order valence-electron chi connectivity index (χ4n) is 1.91. The van der Waals surface area contributed by atoms with Gasteiger partial charge in [0.25, 0.3) is 0 Å². The number of nitrogens with one attached hydrogen (secondary N) is 2. The van der Waals surface area contributed by atoms with Crippen LogP contribution in [0.5, 0.6) is 5.75 Å². The molecular formula is C16H24F3N3O3S. The Hall–Kier alpha value is -1.97. The second-order valence-electron chi connectivity index (χ2n) is 5.65. The summed E-state index contributed by atoms with van der Waals surface area (Å²) >= 11 is 0. The van der Waals surface area contributed by atoms with Gasteiger partial charge in [0.05, 0.1) is 12.3 Å². The number of sulfone groups is 1. The van der Waals surface area contributed by atoms with Gasteiger partial charge in [0.1, 0.15) is 15.6 Å². The van der Waals surface area contributed by atoms with Gasteiger partial charge in [-0.15, -0.1) is 0 Å². The van der Waals surface area contributed by atoms with Gasteiger partial charge in [-0.25, -0.2) is 13.4 Å². The Balaban J connectivity index is 2.52. The number of hydrogen-bond acceptors (Lipinski definition) is 4. The van der Waals surface area contributed by atoms with Gasteiger partial charge in [0.2, 0.25) is 0 Å². The predicted molar refractivity (Wildman–Crippen MR) is 95.1 cm³/mol. The summed E-state index contributed by atoms with van der Waals surface area (Å²) in [6.45, 7) is 2.00. The normalized spacial score (nSPS) is 12.7. The Bertz CT molecular complexity index is 674. The number of halogens is 3. The summed E-state index contributed by atoms with van der Waals surface area (Å²) in [5.41, 5.74) is 0.803. The Labute approximate surface area is 151 Å². The van der Waals surface area contributed by atoms with Crippen LogP contribution in [0.4, 0.5) is 13.2 Å². The second kappa shape index (κ2) is 10.2. The van der Waals surface area contributed by atoms with E-state index in [1.54, 1.807) is 12.1 Å². The molecule has 0 saturated heterocycles. The van der Waals surface area contributed by atoms with Crippen molar-refractivity contribution in [1.82, 2.24) is 10.6 Å². The average molecular weight is 395 g/mol. The summed E-state index contributed by atoms with van der Waals surface area (Å²) in [7, 11) is -2.99. The van der Waals surface area contributed by atoms with Crippen LogP contribution >= 0.6 is 0 Å². The number of rotatable bonds is 9. The zero-order chi connectivity index (χ0) is 19.6. The van der Waals surface area contributed by atoms with Crippen molar-refractivity contribution in [2.45, 2.75) is 26.1 Å². The molecule has 0 aliphatic heterocycles. The Morgan fingerprint density at radius 1 is 1.19 bits per heavy atom. The highest BCUT2D eigenvalue weighted by Crippen LogP contribution is 2.19. The maximum absolute atomic E-state index is 12.1. The Morgan fingerprint density at radius 3 is 2.38 bits per heavy atom. The first-order valence-electron chi connectivity index (χ1n) is 8.07. The molecule has 0 fully saturated rings. The van der Waals surface area contributed by atoms with E-state index in [1.165, 1.54) is 18.4 Å². The highest BCUT2D eigenvalue weighted by Gasteiger charge is 2.28. The zero-order valence-corrected chi connectivity index (χ0v) is 15.6. The third-order valence-electron chi connectivity index (χ3n) is 3.07. The number of nitrogens with zero attached hydrogens (tertiary/aromatic N) is 1. The smallest absolute Gasteiger partial charge is 0.422 e. The first-order valence-corrected chi connectivity index (χ1v) is 10.1. The monoisotopic (exact) mass is 395 g/mol. The van der Waals surface area contributed by atoms with E-state index in [2.05, 4.69) is 20.4 Å². The fraction of sp³-hybridized carbons (Fsp3) is 0.562. The summed E-state index contributed by atoms with van der Waals surface area (Å²) in [5, 5.41) is 6.08. The van der Waals surface area contributed by atoms with Crippen LogP contribution in [0, 0.1) is 0 Å². The minimum absolute atomic E-state index is 0.0960. The van der Waals surface area contributed by atoms with Crippen LogP contribution < -0.4 is 15.4 Å². The zero-order valence-electron chi connectivity index (χ0n) is 14.8. The molecule has 26 heavy (non-hydrogen) atoms. The highest BCUT2D eigenvalue weighted by molar-refractivity contribution is 7.90. The Morgan fingerprint density at radius 2 is 1.85 bits per heavy atom. The fourth-order valence-corrected chi connectivity index (χ4v) is 2.58. The van der Waals surface area contributed by atoms with Gasteiger partial charge in [-0.3, -0.25) is 0 Å². The van der Waals surface area contributed by atoms with Crippen molar-refractivity contribution in [1.29, 1.82) is 0 Å². The van der Waals surface area contributed by atoms with Crippen LogP contribution in [-0.4, -0.2) is 52.3 Å². The topological polar surface area (TPSA) is 79.8 Å². The van der Waals surface area contributed by atoms with E-state index >= 15 is 0 Å². The van der Waals surface area contributed by atoms with Crippen LogP contribution in [0.1, 0.15) is 18.9 Å². The lowest BCUT2D eigenvalue weighted by Gasteiger charge is -2.11. The number of alkyl halides is 3. The van der Waals surface area contributed by atoms with Crippen molar-refractivity contribution in [2.75, 3.05) is 31.7 Å². The predicted octanol–water partition coefficient (Wildman–Crippen LogP) is 2.12. The van der Waals surface area contributed by atoms with Crippen LogP contribution in [0.2, 0.25) is 0 Å². The molecule has 0 heterocycles. The molecule has 1 aromatic carbocycles. The third kappa shape index (κ3) is 10.8. The average Bonchev–Trinajstić information content (AvgIpc) is 2.54. The van der Waals surface area contributed by atoms with Gasteiger partial charge in [-0.05, 0) is 31.0 Å². The van der Waals surface area contributed by atoms with Crippen molar-refractivity contribution < 1.29 is 26.3 Å². The van der Waals surface area contributed by atoms with Crippen molar-refractivity contribution in [3.8, 4) is 5.75 Å². The molecule has 1 rings (SSSR count). The summed E-state index contributed by atoms with van der Waals surface area (Å²) in [6, 6.07) is 6.21. The third-order valence-corrected chi connectivity index (χ3v) is 4.10. The molecule has 0 radical (unpaired) electrons. The number of hydrogen-bond donors (Lipinski definition) is 2. The molecule has 10 heteroatoms. The van der Waals surface area contributed by atoms with Crippen molar-refractivity contribution in [3.63, 3.8) is 0 Å². The van der Waals surface area contributed by atoms with Gasteiger partial charge in [0.15, 0.2) is 12.6 Å². The maximum Gasteiger partial charge on any atom is 0.422 e. The summed E-state index contributed by atoms with van der Waals surface area (Å²) in [5.74, 6) is 0.776. The first kappa shape index (κ1) is 22.1. The van der Waals surface area contributed by atoms with Crippen molar-refractivity contribution >= 4 is 15.8 Å². The molecule has 0 atom stereocenters. The van der Waals surface area contributed by atoms with Gasteiger partial charge in [0, 0.05) is 19.3 Å². The molecule has 0 amide bonds. The van der Waals surface area contributed by atoms with E-state index in [-0.39, 0.29) is 11.5 Å². The minimum Gasteiger partial charge on any atom is -0.484 e. The molecule has 0 aliphatic rings. The lowest BCUT2D eigenvalue weighted by atomic mass is 10.2. The van der Waals surface area contributed by atoms with Crippen LogP contribution in [-0.2, 0) is 16.4 Å². The first-order chi connectivity index (χ1) is 12.1. The molecule has 1 aromatic rings. The summed E-state index contributed by atoms with van der Waals surface area (Å²) in [4.78, 5) is 4.36. The second-order valence-corrected chi connectivity index (χ2v) is 7.91. The Kier molecular flexibility index (Phi) is 8.70. The number of ether oxygens (including phenoxy) is 1. The quantitative estimate of drug-likeness (QED) is 0.380. The SMILES string of the molecule is CCNC(=NCc1ccc(OCC(F)(F)F)cc1)NCCCS(C)(=O)=O. The molecule has 6 nitrogen and oxygen atoms in total. The van der Waals surface area contributed by atoms with Gasteiger partial charge in [-0.1, -0.05) is 12.1 Å². The largest absolute Gasteiger partial charge is 0.484 e. The minimum atomic E-state index is -4.37. The van der Waals surface area contributed by atoms with E-state index < -0.39 is 22.6 Å². The molecule has 0 bridgehead atoms. The maximum atomic E-state index is 12.1. The summed E-state index contributed by atoms with van der Waals surface area (Å²) < 4.78 is 63.2. The lowest BCUT2D eigenvalue weighted by molar-refractivity contribution is -0.153. The van der Waals surface area contributed by atoms with E-state index in [0.717, 1.165) is 5.56 Å². The lowest BCUT2D eigenvalue weighted by Crippen LogP contribution is -2.38. The van der Waals surface area contributed by atoms with E-state index in [0.29, 0.717) is 32.0 Å². The molecule has 0 spiro atoms. The van der Waals surface area contributed by atoms with Gasteiger partial charge < -0.3 is 15.4 Å². The summed E-state index contributed by atoms with van der Waals surface area (Å²) in [6.07, 6.45) is -2.71. The molecule has 0 saturated carbocycles. The van der Waals surface area contributed by atoms with Crippen molar-refractivity contribution in [2.24, 2.45) is 4.99 Å². The van der Waals surface area contributed by atoms with Crippen LogP contribution in [0.25, 0.3) is 0 Å². The van der Waals surface area contributed by atoms with Gasteiger partial charge >= 0.3 is 6.18 Å². The molecule has 148 valence electrons. The standard InChI is InChI=1S/C16H24F3N3O3S/c1-3-20-15(21-9-4-10-26(2,23)24)22-11-13-5-7-14(8-6-13)25-12-16(17,18)19/h5-8H,3-4,9-12H2,1-2H3,(H2,20,21,22). The van der Waals surface area contributed by atoms with Crippen LogP contribution in [0.15, 0.2) is 29.3 Å². The van der Waals surface area contributed by atoms with E-state index in [4.69, 9.17) is 0 Å². The van der Waals surface area contributed by atoms with E-state index in [1.807, 2.05) is 6.92 Å². The highest BCUT2D eigenvalue weighted by atomic mass is 32.2. The molecule has 0 unspecified atom stereocenters. The molecular weight excluding hydrogens is 371 g/mol. The number of benzene rings is 1.